The maximum atomic E-state index is 12.2. The SMILES string of the molecule is CCOC(=O)c1ccc2c3c(ccc2c1)[N+](C)=C(C=Cc1ccc(N(C)C)cc1)C3(C)C. The van der Waals surface area contributed by atoms with Gasteiger partial charge < -0.3 is 9.64 Å². The van der Waals surface area contributed by atoms with Gasteiger partial charge in [-0.3, -0.25) is 0 Å². The van der Waals surface area contributed by atoms with Gasteiger partial charge in [-0.2, -0.15) is 4.58 Å². The summed E-state index contributed by atoms with van der Waals surface area (Å²) in [6.07, 6.45) is 4.41. The maximum absolute atomic E-state index is 12.2. The van der Waals surface area contributed by atoms with E-state index in [1.54, 1.807) is 0 Å². The van der Waals surface area contributed by atoms with Gasteiger partial charge in [0.2, 0.25) is 5.69 Å². The van der Waals surface area contributed by atoms with Gasteiger partial charge in [0.25, 0.3) is 0 Å². The van der Waals surface area contributed by atoms with Crippen LogP contribution in [-0.4, -0.2) is 44.0 Å². The van der Waals surface area contributed by atoms with E-state index < -0.39 is 0 Å². The van der Waals surface area contributed by atoms with Gasteiger partial charge in [0.05, 0.1) is 17.6 Å². The Morgan fingerprint density at radius 1 is 1.03 bits per heavy atom. The number of hydrogen-bond donors (Lipinski definition) is 0. The predicted octanol–water partition coefficient (Wildman–Crippen LogP) is 5.80. The Morgan fingerprint density at radius 2 is 1.75 bits per heavy atom. The maximum Gasteiger partial charge on any atom is 0.338 e. The molecule has 0 bridgehead atoms. The summed E-state index contributed by atoms with van der Waals surface area (Å²) in [7, 11) is 6.23. The number of nitrogens with zero attached hydrogens (tertiary/aromatic N) is 2. The van der Waals surface area contributed by atoms with Gasteiger partial charge in [-0.15, -0.1) is 0 Å². The van der Waals surface area contributed by atoms with Crippen LogP contribution in [0.4, 0.5) is 11.4 Å². The summed E-state index contributed by atoms with van der Waals surface area (Å²) in [5.41, 5.74) is 6.51. The van der Waals surface area contributed by atoms with Crippen molar-refractivity contribution in [2.75, 3.05) is 32.6 Å². The van der Waals surface area contributed by atoms with E-state index in [4.69, 9.17) is 4.74 Å². The first kappa shape index (κ1) is 21.8. The standard InChI is InChI=1S/C28H31N2O2/c1-7-32-27(31)21-11-15-23-20(18-21)12-16-24-26(23)28(2,3)25(30(24)6)17-10-19-8-13-22(14-9-19)29(4)5/h8-18H,7H2,1-6H3/q+1. The molecule has 4 nitrogen and oxygen atoms in total. The Morgan fingerprint density at radius 3 is 2.41 bits per heavy atom. The number of hydrogen-bond acceptors (Lipinski definition) is 3. The molecule has 4 heteroatoms. The number of ether oxygens (including phenoxy) is 1. The minimum atomic E-state index is -0.276. The Labute approximate surface area is 190 Å². The van der Waals surface area contributed by atoms with Gasteiger partial charge in [-0.05, 0) is 73.5 Å². The molecule has 0 atom stereocenters. The van der Waals surface area contributed by atoms with Crippen LogP contribution in [0.25, 0.3) is 16.8 Å². The van der Waals surface area contributed by atoms with Crippen molar-refractivity contribution in [3.8, 4) is 0 Å². The Balaban J connectivity index is 1.72. The largest absolute Gasteiger partial charge is 0.462 e. The first-order valence-electron chi connectivity index (χ1n) is 11.0. The summed E-state index contributed by atoms with van der Waals surface area (Å²) in [6.45, 7) is 6.73. The summed E-state index contributed by atoms with van der Waals surface area (Å²) in [6, 6.07) is 18.7. The van der Waals surface area contributed by atoms with Gasteiger partial charge in [-0.1, -0.05) is 18.2 Å². The van der Waals surface area contributed by atoms with Crippen molar-refractivity contribution >= 4 is 39.9 Å². The first-order valence-corrected chi connectivity index (χ1v) is 11.0. The Hall–Kier alpha value is -3.40. The number of benzene rings is 3. The van der Waals surface area contributed by atoms with Gasteiger partial charge in [0.15, 0.2) is 5.71 Å². The lowest BCUT2D eigenvalue weighted by Crippen LogP contribution is -2.26. The highest BCUT2D eigenvalue weighted by Gasteiger charge is 2.44. The molecule has 1 aliphatic heterocycles. The molecule has 0 aromatic heterocycles. The second kappa shape index (κ2) is 8.27. The average molecular weight is 428 g/mol. The highest BCUT2D eigenvalue weighted by atomic mass is 16.5. The van der Waals surface area contributed by atoms with Crippen molar-refractivity contribution in [3.05, 3.63) is 77.4 Å². The number of fused-ring (bicyclic) bond motifs is 3. The van der Waals surface area contributed by atoms with Gasteiger partial charge >= 0.3 is 5.97 Å². The van der Waals surface area contributed by atoms with Gasteiger partial charge in [0.1, 0.15) is 7.05 Å². The fourth-order valence-corrected chi connectivity index (χ4v) is 4.65. The van der Waals surface area contributed by atoms with E-state index in [0.717, 1.165) is 5.39 Å². The molecule has 0 radical (unpaired) electrons. The third-order valence-corrected chi connectivity index (χ3v) is 6.34. The molecule has 3 aromatic rings. The number of allylic oxidation sites excluding steroid dienone is 1. The second-order valence-electron chi connectivity index (χ2n) is 9.00. The molecule has 164 valence electrons. The van der Waals surface area contributed by atoms with E-state index in [2.05, 4.69) is 85.0 Å². The van der Waals surface area contributed by atoms with E-state index >= 15 is 0 Å². The molecule has 0 N–H and O–H groups in total. The molecule has 0 fully saturated rings. The van der Waals surface area contributed by atoms with Crippen LogP contribution < -0.4 is 4.90 Å². The third kappa shape index (κ3) is 3.70. The average Bonchev–Trinajstić information content (AvgIpc) is 2.97. The molecule has 32 heavy (non-hydrogen) atoms. The fraction of sp³-hybridized carbons (Fsp3) is 0.286. The van der Waals surface area contributed by atoms with Crippen molar-refractivity contribution in [1.29, 1.82) is 0 Å². The van der Waals surface area contributed by atoms with E-state index in [-0.39, 0.29) is 11.4 Å². The number of rotatable bonds is 5. The summed E-state index contributed by atoms with van der Waals surface area (Å²) in [5, 5.41) is 2.23. The Kier molecular flexibility index (Phi) is 5.64. The fourth-order valence-electron chi connectivity index (χ4n) is 4.65. The Bertz CT molecular complexity index is 1250. The van der Waals surface area contributed by atoms with Crippen LogP contribution in [0, 0.1) is 0 Å². The van der Waals surface area contributed by atoms with Crippen molar-refractivity contribution < 1.29 is 14.1 Å². The molecule has 0 saturated heterocycles. The van der Waals surface area contributed by atoms with Gasteiger partial charge in [-0.25, -0.2) is 4.79 Å². The van der Waals surface area contributed by atoms with Crippen LogP contribution in [0.1, 0.15) is 42.3 Å². The molecular weight excluding hydrogens is 396 g/mol. The van der Waals surface area contributed by atoms with Crippen molar-refractivity contribution in [2.45, 2.75) is 26.2 Å². The molecule has 0 saturated carbocycles. The summed E-state index contributed by atoms with van der Waals surface area (Å²) >= 11 is 0. The molecule has 0 spiro atoms. The lowest BCUT2D eigenvalue weighted by atomic mass is 9.78. The highest BCUT2D eigenvalue weighted by Crippen LogP contribution is 2.44. The zero-order valence-corrected chi connectivity index (χ0v) is 19.8. The second-order valence-corrected chi connectivity index (χ2v) is 9.00. The lowest BCUT2D eigenvalue weighted by molar-refractivity contribution is -0.401. The number of carbonyl (C=O) groups is 1. The highest BCUT2D eigenvalue weighted by molar-refractivity contribution is 6.09. The molecular formula is C28H31N2O2+. The van der Waals surface area contributed by atoms with Crippen molar-refractivity contribution in [1.82, 2.24) is 0 Å². The molecule has 0 aliphatic carbocycles. The summed E-state index contributed by atoms with van der Waals surface area (Å²) < 4.78 is 7.45. The first-order chi connectivity index (χ1) is 15.2. The van der Waals surface area contributed by atoms with Crippen LogP contribution in [0.15, 0.2) is 60.7 Å². The number of anilines is 1. The summed E-state index contributed by atoms with van der Waals surface area (Å²) in [5.74, 6) is -0.276. The summed E-state index contributed by atoms with van der Waals surface area (Å²) in [4.78, 5) is 14.3. The molecule has 3 aromatic carbocycles. The van der Waals surface area contributed by atoms with Crippen LogP contribution >= 0.6 is 0 Å². The molecule has 1 aliphatic rings. The van der Waals surface area contributed by atoms with Crippen LogP contribution in [-0.2, 0) is 10.2 Å². The quantitative estimate of drug-likeness (QED) is 0.381. The number of carbonyl (C=O) groups excluding carboxylic acids is 1. The minimum absolute atomic E-state index is 0.172. The van der Waals surface area contributed by atoms with E-state index in [1.165, 1.54) is 33.6 Å². The van der Waals surface area contributed by atoms with Crippen LogP contribution in [0.5, 0.6) is 0 Å². The molecule has 0 unspecified atom stereocenters. The number of esters is 1. The van der Waals surface area contributed by atoms with Crippen LogP contribution in [0.2, 0.25) is 0 Å². The molecule has 1 heterocycles. The van der Waals surface area contributed by atoms with Crippen molar-refractivity contribution in [3.63, 3.8) is 0 Å². The normalized spacial score (nSPS) is 14.8. The monoisotopic (exact) mass is 427 g/mol. The lowest BCUT2D eigenvalue weighted by Gasteiger charge is -2.18. The molecule has 0 amide bonds. The smallest absolute Gasteiger partial charge is 0.338 e. The topological polar surface area (TPSA) is 32.6 Å². The minimum Gasteiger partial charge on any atom is -0.462 e. The van der Waals surface area contributed by atoms with E-state index in [9.17, 15) is 4.79 Å². The van der Waals surface area contributed by atoms with E-state index in [1.807, 2.05) is 33.2 Å². The third-order valence-electron chi connectivity index (χ3n) is 6.34. The van der Waals surface area contributed by atoms with Crippen molar-refractivity contribution in [2.24, 2.45) is 0 Å². The molecule has 4 rings (SSSR count). The zero-order chi connectivity index (χ0) is 23.0. The predicted molar refractivity (Wildman–Crippen MR) is 134 cm³/mol. The van der Waals surface area contributed by atoms with E-state index in [0.29, 0.717) is 12.2 Å². The van der Waals surface area contributed by atoms with Gasteiger partial charge in [0, 0.05) is 37.5 Å². The zero-order valence-electron chi connectivity index (χ0n) is 19.8. The van der Waals surface area contributed by atoms with Crippen LogP contribution in [0.3, 0.4) is 0 Å².